The zero-order valence-corrected chi connectivity index (χ0v) is 24.7. The van der Waals surface area contributed by atoms with Crippen LogP contribution in [0.15, 0.2) is 132 Å². The first-order valence-electron chi connectivity index (χ1n) is 13.9. The maximum Gasteiger partial charge on any atom is 0.119 e. The SMILES string of the molecule is C(=Cc1sccc1-c1ccsc1C=Cc1ccc(OCc2ccccc2)cc1)c1ccc(OCc2ccccc2)cc1. The highest BCUT2D eigenvalue weighted by Crippen LogP contribution is 2.36. The molecule has 0 atom stereocenters. The highest BCUT2D eigenvalue weighted by atomic mass is 32.1. The number of benzene rings is 4. The minimum Gasteiger partial charge on any atom is -0.489 e. The van der Waals surface area contributed by atoms with Crippen LogP contribution in [0.4, 0.5) is 0 Å². The Hall–Kier alpha value is -4.64. The Morgan fingerprint density at radius 2 is 0.833 bits per heavy atom. The van der Waals surface area contributed by atoms with Crippen LogP contribution in [-0.2, 0) is 13.2 Å². The third-order valence-electron chi connectivity index (χ3n) is 6.79. The molecule has 0 saturated carbocycles. The zero-order valence-electron chi connectivity index (χ0n) is 23.1. The lowest BCUT2D eigenvalue weighted by Crippen LogP contribution is -1.94. The summed E-state index contributed by atoms with van der Waals surface area (Å²) in [4.78, 5) is 2.49. The largest absolute Gasteiger partial charge is 0.489 e. The summed E-state index contributed by atoms with van der Waals surface area (Å²) in [7, 11) is 0. The van der Waals surface area contributed by atoms with E-state index in [2.05, 4.69) is 95.7 Å². The van der Waals surface area contributed by atoms with E-state index in [0.29, 0.717) is 13.2 Å². The average molecular weight is 583 g/mol. The molecule has 0 amide bonds. The van der Waals surface area contributed by atoms with Crippen molar-refractivity contribution >= 4 is 47.0 Å². The lowest BCUT2D eigenvalue weighted by molar-refractivity contribution is 0.306. The second-order valence-corrected chi connectivity index (χ2v) is 11.6. The quantitative estimate of drug-likeness (QED) is 0.151. The maximum atomic E-state index is 5.93. The third-order valence-corrected chi connectivity index (χ3v) is 8.56. The molecule has 4 aromatic carbocycles. The van der Waals surface area contributed by atoms with Crippen molar-refractivity contribution in [2.24, 2.45) is 0 Å². The normalized spacial score (nSPS) is 11.3. The molecule has 206 valence electrons. The number of hydrogen-bond acceptors (Lipinski definition) is 4. The van der Waals surface area contributed by atoms with Gasteiger partial charge in [-0.1, -0.05) is 97.1 Å². The topological polar surface area (TPSA) is 18.5 Å². The van der Waals surface area contributed by atoms with Gasteiger partial charge in [0.2, 0.25) is 0 Å². The molecule has 0 aliphatic carbocycles. The molecule has 0 radical (unpaired) electrons. The number of hydrogen-bond donors (Lipinski definition) is 0. The first kappa shape index (κ1) is 27.5. The van der Waals surface area contributed by atoms with E-state index in [1.165, 1.54) is 20.9 Å². The molecule has 6 rings (SSSR count). The van der Waals surface area contributed by atoms with Crippen molar-refractivity contribution in [3.8, 4) is 22.6 Å². The first-order chi connectivity index (χ1) is 20.8. The van der Waals surface area contributed by atoms with Gasteiger partial charge in [-0.15, -0.1) is 22.7 Å². The molecule has 6 aromatic rings. The van der Waals surface area contributed by atoms with Gasteiger partial charge in [0.1, 0.15) is 24.7 Å². The van der Waals surface area contributed by atoms with Gasteiger partial charge in [0.15, 0.2) is 0 Å². The molecular formula is C38H30O2S2. The Kier molecular flexibility index (Phi) is 9.06. The van der Waals surface area contributed by atoms with E-state index in [1.807, 2.05) is 60.7 Å². The van der Waals surface area contributed by atoms with Crippen molar-refractivity contribution in [3.63, 3.8) is 0 Å². The van der Waals surface area contributed by atoms with Crippen LogP contribution >= 0.6 is 22.7 Å². The summed E-state index contributed by atoms with van der Waals surface area (Å²) in [5, 5.41) is 4.32. The van der Waals surface area contributed by atoms with Crippen molar-refractivity contribution in [1.29, 1.82) is 0 Å². The van der Waals surface area contributed by atoms with Crippen molar-refractivity contribution in [1.82, 2.24) is 0 Å². The highest BCUT2D eigenvalue weighted by Gasteiger charge is 2.10. The maximum absolute atomic E-state index is 5.93. The lowest BCUT2D eigenvalue weighted by atomic mass is 10.1. The van der Waals surface area contributed by atoms with Crippen molar-refractivity contribution in [2.45, 2.75) is 13.2 Å². The smallest absolute Gasteiger partial charge is 0.119 e. The summed E-state index contributed by atoms with van der Waals surface area (Å²) < 4.78 is 11.9. The predicted octanol–water partition coefficient (Wildman–Crippen LogP) is 11.0. The molecule has 0 saturated heterocycles. The van der Waals surface area contributed by atoms with Crippen LogP contribution < -0.4 is 9.47 Å². The van der Waals surface area contributed by atoms with Gasteiger partial charge in [0.05, 0.1) is 0 Å². The van der Waals surface area contributed by atoms with E-state index >= 15 is 0 Å². The highest BCUT2D eigenvalue weighted by molar-refractivity contribution is 7.12. The zero-order chi connectivity index (χ0) is 28.4. The van der Waals surface area contributed by atoms with Crippen molar-refractivity contribution < 1.29 is 9.47 Å². The van der Waals surface area contributed by atoms with Crippen molar-refractivity contribution in [2.75, 3.05) is 0 Å². The van der Waals surface area contributed by atoms with Gasteiger partial charge in [-0.3, -0.25) is 0 Å². The molecule has 2 heterocycles. The second-order valence-electron chi connectivity index (χ2n) is 9.75. The fraction of sp³-hybridized carbons (Fsp3) is 0.0526. The fourth-order valence-corrected chi connectivity index (χ4v) is 6.13. The van der Waals surface area contributed by atoms with Gasteiger partial charge in [-0.25, -0.2) is 0 Å². The predicted molar refractivity (Wildman–Crippen MR) is 180 cm³/mol. The summed E-state index contributed by atoms with van der Waals surface area (Å²) in [6, 6.07) is 41.4. The molecule has 0 bridgehead atoms. The molecule has 0 spiro atoms. The Morgan fingerprint density at radius 3 is 1.24 bits per heavy atom. The Labute approximate surface area is 255 Å². The molecule has 2 nitrogen and oxygen atoms in total. The standard InChI is InChI=1S/C38H30O2S2/c1-3-7-31(8-4-1)27-39-33-17-11-29(12-18-33)15-21-37-35(23-25-41-37)36-24-26-42-38(36)22-16-30-13-19-34(20-14-30)40-28-32-9-5-2-6-10-32/h1-26H,27-28H2. The van der Waals surface area contributed by atoms with E-state index in [4.69, 9.17) is 9.47 Å². The molecule has 0 unspecified atom stereocenters. The molecule has 0 N–H and O–H groups in total. The van der Waals surface area contributed by atoms with Crippen molar-refractivity contribution in [3.05, 3.63) is 164 Å². The van der Waals surface area contributed by atoms with E-state index in [0.717, 1.165) is 33.8 Å². The van der Waals surface area contributed by atoms with Gasteiger partial charge >= 0.3 is 0 Å². The van der Waals surface area contributed by atoms with Crippen LogP contribution in [0, 0.1) is 0 Å². The van der Waals surface area contributed by atoms with Gasteiger partial charge in [-0.2, -0.15) is 0 Å². The van der Waals surface area contributed by atoms with Crippen LogP contribution in [-0.4, -0.2) is 0 Å². The lowest BCUT2D eigenvalue weighted by Gasteiger charge is -2.06. The number of ether oxygens (including phenoxy) is 2. The molecule has 0 fully saturated rings. The average Bonchev–Trinajstić information content (AvgIpc) is 3.72. The van der Waals surface area contributed by atoms with Crippen LogP contribution in [0.3, 0.4) is 0 Å². The molecule has 0 aliphatic heterocycles. The van der Waals surface area contributed by atoms with Gasteiger partial charge < -0.3 is 9.47 Å². The van der Waals surface area contributed by atoms with E-state index in [9.17, 15) is 0 Å². The Balaban J connectivity index is 1.08. The van der Waals surface area contributed by atoms with Crippen LogP contribution in [0.25, 0.3) is 35.4 Å². The van der Waals surface area contributed by atoms with E-state index in [-0.39, 0.29) is 0 Å². The van der Waals surface area contributed by atoms with Crippen LogP contribution in [0.5, 0.6) is 11.5 Å². The molecule has 0 aliphatic rings. The van der Waals surface area contributed by atoms with Crippen LogP contribution in [0.1, 0.15) is 32.0 Å². The summed E-state index contributed by atoms with van der Waals surface area (Å²) >= 11 is 3.52. The summed E-state index contributed by atoms with van der Waals surface area (Å²) in [5.74, 6) is 1.74. The summed E-state index contributed by atoms with van der Waals surface area (Å²) in [5.41, 5.74) is 7.12. The second kappa shape index (κ2) is 13.8. The molecule has 2 aromatic heterocycles. The van der Waals surface area contributed by atoms with Gasteiger partial charge in [0, 0.05) is 20.9 Å². The molecular weight excluding hydrogens is 553 g/mol. The van der Waals surface area contributed by atoms with Gasteiger partial charge in [-0.05, 0) is 81.6 Å². The first-order valence-corrected chi connectivity index (χ1v) is 15.6. The third kappa shape index (κ3) is 7.35. The minimum atomic E-state index is 0.570. The molecule has 4 heteroatoms. The van der Waals surface area contributed by atoms with Gasteiger partial charge in [0.25, 0.3) is 0 Å². The Morgan fingerprint density at radius 1 is 0.429 bits per heavy atom. The van der Waals surface area contributed by atoms with Crippen LogP contribution in [0.2, 0.25) is 0 Å². The summed E-state index contributed by atoms with van der Waals surface area (Å²) in [6.45, 7) is 1.14. The number of thiophene rings is 2. The minimum absolute atomic E-state index is 0.570. The summed E-state index contributed by atoms with van der Waals surface area (Å²) in [6.07, 6.45) is 8.75. The Bertz CT molecular complexity index is 1610. The number of rotatable bonds is 11. The fourth-order valence-electron chi connectivity index (χ4n) is 4.52. The monoisotopic (exact) mass is 582 g/mol. The van der Waals surface area contributed by atoms with E-state index in [1.54, 1.807) is 22.7 Å². The molecule has 42 heavy (non-hydrogen) atoms. The van der Waals surface area contributed by atoms with E-state index < -0.39 is 0 Å².